The van der Waals surface area contributed by atoms with Crippen molar-refractivity contribution in [3.05, 3.63) is 30.7 Å². The Labute approximate surface area is 87.6 Å². The van der Waals surface area contributed by atoms with E-state index < -0.39 is 0 Å². The van der Waals surface area contributed by atoms with Crippen LogP contribution in [-0.2, 0) is 0 Å². The predicted molar refractivity (Wildman–Crippen MR) is 56.9 cm³/mol. The number of aliphatic hydroxyl groups is 1. The Kier molecular flexibility index (Phi) is 4.30. The van der Waals surface area contributed by atoms with Gasteiger partial charge in [0.1, 0.15) is 0 Å². The quantitative estimate of drug-likeness (QED) is 0.689. The maximum absolute atomic E-state index is 7.57. The van der Waals surface area contributed by atoms with Crippen molar-refractivity contribution in [1.29, 1.82) is 0 Å². The molecule has 0 saturated carbocycles. The molecule has 5 heteroatoms. The number of aliphatic hydroxyl groups excluding tert-OH is 1. The fourth-order valence-corrected chi connectivity index (χ4v) is 0.982. The molecule has 1 heterocycles. The minimum atomic E-state index is 0.250. The number of aromatic nitrogens is 2. The van der Waals surface area contributed by atoms with E-state index in [1.807, 2.05) is 18.2 Å². The van der Waals surface area contributed by atoms with Gasteiger partial charge in [-0.2, -0.15) is 0 Å². The van der Waals surface area contributed by atoms with Crippen molar-refractivity contribution in [3.8, 4) is 11.5 Å². The zero-order chi connectivity index (χ0) is 11.1. The van der Waals surface area contributed by atoms with Gasteiger partial charge >= 0.3 is 0 Å². The molecule has 0 bridgehead atoms. The Balaban J connectivity index is 0.000000337. The Hall–Kier alpha value is -1.88. The van der Waals surface area contributed by atoms with Crippen LogP contribution in [-0.4, -0.2) is 21.9 Å². The minimum absolute atomic E-state index is 0.250. The molecule has 5 nitrogen and oxygen atoms in total. The van der Waals surface area contributed by atoms with Crippen LogP contribution in [0.3, 0.4) is 0 Å². The van der Waals surface area contributed by atoms with Gasteiger partial charge in [0, 0.05) is 12.3 Å². The summed E-state index contributed by atoms with van der Waals surface area (Å²) in [5.41, 5.74) is 7.10. The second kappa shape index (κ2) is 5.77. The van der Waals surface area contributed by atoms with E-state index >= 15 is 0 Å². The smallest absolute Gasteiger partial charge is 0.249 e. The third-order valence-corrected chi connectivity index (χ3v) is 1.55. The molecule has 2 aromatic rings. The molecule has 0 aliphatic heterocycles. The van der Waals surface area contributed by atoms with Gasteiger partial charge in [0.25, 0.3) is 0 Å². The highest BCUT2D eigenvalue weighted by Crippen LogP contribution is 2.22. The third-order valence-electron chi connectivity index (χ3n) is 1.55. The maximum Gasteiger partial charge on any atom is 0.249 e. The summed E-state index contributed by atoms with van der Waals surface area (Å²) < 4.78 is 5.00. The number of para-hydroxylation sites is 1. The van der Waals surface area contributed by atoms with Crippen LogP contribution in [0.4, 0.5) is 5.69 Å². The highest BCUT2D eigenvalue weighted by Gasteiger charge is 2.05. The Morgan fingerprint density at radius 3 is 2.60 bits per heavy atom. The molecule has 0 atom stereocenters. The fraction of sp³-hybridized carbons (Fsp3) is 0.200. The average Bonchev–Trinajstić information content (AvgIpc) is 2.72. The molecule has 0 amide bonds. The number of benzene rings is 1. The van der Waals surface area contributed by atoms with E-state index in [2.05, 4.69) is 10.2 Å². The first-order valence-corrected chi connectivity index (χ1v) is 4.51. The van der Waals surface area contributed by atoms with Gasteiger partial charge < -0.3 is 15.3 Å². The summed E-state index contributed by atoms with van der Waals surface area (Å²) in [4.78, 5) is 0. The second-order valence-corrected chi connectivity index (χ2v) is 2.65. The van der Waals surface area contributed by atoms with E-state index in [0.717, 1.165) is 5.56 Å². The number of nitrogens with two attached hydrogens (primary N) is 1. The molecule has 0 aliphatic rings. The summed E-state index contributed by atoms with van der Waals surface area (Å²) in [6.45, 7) is 1.93. The van der Waals surface area contributed by atoms with E-state index in [-0.39, 0.29) is 6.61 Å². The number of anilines is 1. The van der Waals surface area contributed by atoms with Gasteiger partial charge in [-0.3, -0.25) is 0 Å². The summed E-state index contributed by atoms with van der Waals surface area (Å²) >= 11 is 0. The average molecular weight is 207 g/mol. The van der Waals surface area contributed by atoms with Crippen LogP contribution in [0.15, 0.2) is 35.1 Å². The van der Waals surface area contributed by atoms with E-state index in [1.54, 1.807) is 13.0 Å². The van der Waals surface area contributed by atoms with Crippen molar-refractivity contribution in [1.82, 2.24) is 10.2 Å². The van der Waals surface area contributed by atoms with Gasteiger partial charge in [0.15, 0.2) is 0 Å². The normalized spacial score (nSPS) is 9.20. The van der Waals surface area contributed by atoms with Crippen LogP contribution in [0.5, 0.6) is 0 Å². The van der Waals surface area contributed by atoms with Gasteiger partial charge in [-0.1, -0.05) is 12.1 Å². The molecular weight excluding hydrogens is 194 g/mol. The van der Waals surface area contributed by atoms with E-state index in [4.69, 9.17) is 15.3 Å². The van der Waals surface area contributed by atoms with Crippen molar-refractivity contribution in [2.75, 3.05) is 12.3 Å². The molecule has 0 aliphatic carbocycles. The number of hydrogen-bond acceptors (Lipinski definition) is 5. The van der Waals surface area contributed by atoms with Crippen LogP contribution in [0.25, 0.3) is 11.5 Å². The van der Waals surface area contributed by atoms with Gasteiger partial charge in [-0.15, -0.1) is 10.2 Å². The van der Waals surface area contributed by atoms with Crippen LogP contribution in [0.1, 0.15) is 6.92 Å². The molecule has 0 spiro atoms. The number of nitrogens with zero attached hydrogens (tertiary/aromatic N) is 2. The Bertz CT molecular complexity index is 387. The van der Waals surface area contributed by atoms with E-state index in [0.29, 0.717) is 11.6 Å². The van der Waals surface area contributed by atoms with Gasteiger partial charge in [-0.05, 0) is 19.1 Å². The fourth-order valence-electron chi connectivity index (χ4n) is 0.982. The first-order valence-electron chi connectivity index (χ1n) is 4.51. The molecule has 0 saturated heterocycles. The molecular formula is C10H13N3O2. The highest BCUT2D eigenvalue weighted by molar-refractivity contribution is 5.69. The lowest BCUT2D eigenvalue weighted by Gasteiger charge is -1.97. The monoisotopic (exact) mass is 207 g/mol. The number of nitrogen functional groups attached to an aromatic ring is 1. The standard InChI is InChI=1S/C8H7N3O.C2H6O/c9-7-4-2-1-3-6(7)8-11-10-5-12-8;1-2-3/h1-5H,9H2;3H,2H2,1H3. The molecule has 80 valence electrons. The summed E-state index contributed by atoms with van der Waals surface area (Å²) in [6.07, 6.45) is 1.28. The van der Waals surface area contributed by atoms with E-state index in [1.165, 1.54) is 6.39 Å². The second-order valence-electron chi connectivity index (χ2n) is 2.65. The molecule has 0 unspecified atom stereocenters. The van der Waals surface area contributed by atoms with Crippen LogP contribution in [0, 0.1) is 0 Å². The van der Waals surface area contributed by atoms with E-state index in [9.17, 15) is 0 Å². The zero-order valence-electron chi connectivity index (χ0n) is 8.42. The van der Waals surface area contributed by atoms with Crippen molar-refractivity contribution in [2.45, 2.75) is 6.92 Å². The number of hydrogen-bond donors (Lipinski definition) is 2. The molecule has 15 heavy (non-hydrogen) atoms. The zero-order valence-corrected chi connectivity index (χ0v) is 8.42. The van der Waals surface area contributed by atoms with Crippen LogP contribution >= 0.6 is 0 Å². The van der Waals surface area contributed by atoms with Crippen LogP contribution < -0.4 is 5.73 Å². The summed E-state index contributed by atoms with van der Waals surface area (Å²) in [5.74, 6) is 0.452. The van der Waals surface area contributed by atoms with Gasteiger partial charge in [0.05, 0.1) is 5.56 Å². The molecule has 1 aromatic carbocycles. The van der Waals surface area contributed by atoms with Crippen molar-refractivity contribution < 1.29 is 9.52 Å². The lowest BCUT2D eigenvalue weighted by atomic mass is 10.2. The van der Waals surface area contributed by atoms with Gasteiger partial charge in [-0.25, -0.2) is 0 Å². The lowest BCUT2D eigenvalue weighted by molar-refractivity contribution is 0.318. The molecule has 1 aromatic heterocycles. The highest BCUT2D eigenvalue weighted by atomic mass is 16.4. The van der Waals surface area contributed by atoms with Crippen LogP contribution in [0.2, 0.25) is 0 Å². The predicted octanol–water partition coefficient (Wildman–Crippen LogP) is 1.32. The first kappa shape index (κ1) is 11.2. The van der Waals surface area contributed by atoms with Crippen molar-refractivity contribution >= 4 is 5.69 Å². The van der Waals surface area contributed by atoms with Crippen molar-refractivity contribution in [3.63, 3.8) is 0 Å². The molecule has 0 fully saturated rings. The largest absolute Gasteiger partial charge is 0.423 e. The minimum Gasteiger partial charge on any atom is -0.423 e. The Morgan fingerprint density at radius 1 is 1.40 bits per heavy atom. The lowest BCUT2D eigenvalue weighted by Crippen LogP contribution is -1.88. The SMILES string of the molecule is CCO.Nc1ccccc1-c1nnco1. The molecule has 3 N–H and O–H groups in total. The van der Waals surface area contributed by atoms with Gasteiger partial charge in [0.2, 0.25) is 12.3 Å². The topological polar surface area (TPSA) is 85.2 Å². The Morgan fingerprint density at radius 2 is 2.07 bits per heavy atom. The maximum atomic E-state index is 7.57. The first-order chi connectivity index (χ1) is 7.29. The summed E-state index contributed by atoms with van der Waals surface area (Å²) in [6, 6.07) is 7.35. The molecule has 2 rings (SSSR count). The number of rotatable bonds is 1. The summed E-state index contributed by atoms with van der Waals surface area (Å²) in [7, 11) is 0. The molecule has 0 radical (unpaired) electrons. The van der Waals surface area contributed by atoms with Crippen molar-refractivity contribution in [2.24, 2.45) is 0 Å². The third kappa shape index (κ3) is 3.07. The summed E-state index contributed by atoms with van der Waals surface area (Å²) in [5, 5.41) is 14.9.